The van der Waals surface area contributed by atoms with Gasteiger partial charge < -0.3 is 5.43 Å². The highest BCUT2D eigenvalue weighted by Gasteiger charge is 2.34. The van der Waals surface area contributed by atoms with Crippen LogP contribution < -0.4 is 32.2 Å². The number of benzene rings is 1. The summed E-state index contributed by atoms with van der Waals surface area (Å²) in [5.74, 6) is -1.54. The summed E-state index contributed by atoms with van der Waals surface area (Å²) < 4.78 is 0. The lowest BCUT2D eigenvalue weighted by Crippen LogP contribution is -2.64. The minimum Gasteiger partial charge on any atom is -0.320 e. The van der Waals surface area contributed by atoms with Crippen molar-refractivity contribution >= 4 is 29.6 Å². The van der Waals surface area contributed by atoms with Crippen molar-refractivity contribution in [2.24, 2.45) is 9.98 Å². The van der Waals surface area contributed by atoms with Crippen molar-refractivity contribution in [3.63, 3.8) is 0 Å². The molecule has 22 heavy (non-hydrogen) atoms. The van der Waals surface area contributed by atoms with Gasteiger partial charge in [0.15, 0.2) is 6.04 Å². The molecule has 0 bridgehead atoms. The first-order chi connectivity index (χ1) is 10.4. The number of barbiturate groups is 1. The Balaban J connectivity index is 1.80. The van der Waals surface area contributed by atoms with Gasteiger partial charge in [0.25, 0.3) is 11.8 Å². The van der Waals surface area contributed by atoms with Gasteiger partial charge in [-0.25, -0.2) is 15.0 Å². The lowest BCUT2D eigenvalue weighted by Gasteiger charge is -2.22. The molecule has 10 nitrogen and oxygen atoms in total. The summed E-state index contributed by atoms with van der Waals surface area (Å²) in [7, 11) is 0. The van der Waals surface area contributed by atoms with Crippen molar-refractivity contribution in [2.45, 2.75) is 13.0 Å². The van der Waals surface area contributed by atoms with Crippen LogP contribution in [0.5, 0.6) is 0 Å². The van der Waals surface area contributed by atoms with E-state index in [1.54, 1.807) is 19.1 Å². The van der Waals surface area contributed by atoms with Crippen molar-refractivity contribution in [1.29, 1.82) is 0 Å². The zero-order chi connectivity index (χ0) is 15.9. The molecule has 2 aliphatic heterocycles. The number of fused-ring (bicyclic) bond motifs is 1. The zero-order valence-corrected chi connectivity index (χ0v) is 11.3. The largest absolute Gasteiger partial charge is 0.368 e. The number of aryl methyl sites for hydroxylation is 1. The molecule has 0 spiro atoms. The molecule has 1 fully saturated rings. The number of hydrogen-bond donors (Lipinski definition) is 4. The monoisotopic (exact) mass is 302 g/mol. The summed E-state index contributed by atoms with van der Waals surface area (Å²) in [6.07, 6.45) is 0. The Morgan fingerprint density at radius 3 is 2.23 bits per heavy atom. The SMILES string of the molecule is Cc1cc2c(cc1NNC1C(=O)NC(=O)NC1=O)=NC(=O)N=2. The second-order valence-electron chi connectivity index (χ2n) is 4.67. The average molecular weight is 302 g/mol. The van der Waals surface area contributed by atoms with Gasteiger partial charge in [-0.3, -0.25) is 20.2 Å². The van der Waals surface area contributed by atoms with Crippen LogP contribution >= 0.6 is 0 Å². The molecule has 0 radical (unpaired) electrons. The third kappa shape index (κ3) is 2.42. The number of carbonyl (C=O) groups excluding carboxylic acids is 4. The topological polar surface area (TPSA) is 141 Å². The number of hydrazine groups is 1. The van der Waals surface area contributed by atoms with Gasteiger partial charge in [0.1, 0.15) is 0 Å². The number of nitrogens with one attached hydrogen (secondary N) is 4. The molecule has 6 amide bonds. The molecule has 1 aromatic rings. The molecule has 0 aliphatic carbocycles. The highest BCUT2D eigenvalue weighted by atomic mass is 16.2. The molecule has 4 N–H and O–H groups in total. The van der Waals surface area contributed by atoms with Gasteiger partial charge in [-0.15, -0.1) is 0 Å². The standard InChI is InChI=1S/C12H10N6O4/c1-4-2-6-7(14-11(21)13-6)3-5(4)17-18-8-9(19)15-12(22)16-10(8)20/h2-3,8,17-18H,1H3,(H2,15,16,19,20,22). The van der Waals surface area contributed by atoms with Gasteiger partial charge in [0, 0.05) is 0 Å². The fourth-order valence-corrected chi connectivity index (χ4v) is 2.03. The fraction of sp³-hybridized carbons (Fsp3) is 0.167. The zero-order valence-electron chi connectivity index (χ0n) is 11.3. The smallest absolute Gasteiger partial charge is 0.320 e. The molecular weight excluding hydrogens is 292 g/mol. The molecule has 2 heterocycles. The molecule has 1 aromatic carbocycles. The van der Waals surface area contributed by atoms with Crippen LogP contribution in [0.15, 0.2) is 22.1 Å². The predicted molar refractivity (Wildman–Crippen MR) is 71.1 cm³/mol. The van der Waals surface area contributed by atoms with E-state index in [9.17, 15) is 19.2 Å². The van der Waals surface area contributed by atoms with E-state index in [2.05, 4.69) is 20.8 Å². The minimum absolute atomic E-state index is 0.396. The molecule has 0 aromatic heterocycles. The summed E-state index contributed by atoms with van der Waals surface area (Å²) in [4.78, 5) is 52.7. The van der Waals surface area contributed by atoms with Gasteiger partial charge in [-0.2, -0.15) is 9.98 Å². The minimum atomic E-state index is -1.27. The Kier molecular flexibility index (Phi) is 3.14. The van der Waals surface area contributed by atoms with Crippen LogP contribution in [0.2, 0.25) is 0 Å². The van der Waals surface area contributed by atoms with E-state index in [1.807, 2.05) is 10.6 Å². The van der Waals surface area contributed by atoms with E-state index in [0.717, 1.165) is 5.56 Å². The number of carbonyl (C=O) groups is 4. The second-order valence-corrected chi connectivity index (χ2v) is 4.67. The van der Waals surface area contributed by atoms with E-state index in [1.165, 1.54) is 0 Å². The van der Waals surface area contributed by atoms with Gasteiger partial charge in [-0.1, -0.05) is 0 Å². The highest BCUT2D eigenvalue weighted by molar-refractivity contribution is 6.18. The summed E-state index contributed by atoms with van der Waals surface area (Å²) in [6.45, 7) is 1.76. The number of nitrogens with zero attached hydrogens (tertiary/aromatic N) is 2. The van der Waals surface area contributed by atoms with Crippen LogP contribution in [0, 0.1) is 6.92 Å². The van der Waals surface area contributed by atoms with Gasteiger partial charge >= 0.3 is 12.1 Å². The van der Waals surface area contributed by atoms with Crippen LogP contribution in [-0.4, -0.2) is 29.9 Å². The van der Waals surface area contributed by atoms with Gasteiger partial charge in [0.2, 0.25) is 0 Å². The molecule has 0 unspecified atom stereocenters. The third-order valence-corrected chi connectivity index (χ3v) is 3.10. The Hall–Kier alpha value is -3.14. The molecule has 2 aliphatic rings. The number of imide groups is 2. The van der Waals surface area contributed by atoms with E-state index < -0.39 is 29.9 Å². The van der Waals surface area contributed by atoms with Crippen molar-refractivity contribution < 1.29 is 19.2 Å². The molecule has 112 valence electrons. The van der Waals surface area contributed by atoms with Crippen molar-refractivity contribution in [1.82, 2.24) is 16.1 Å². The maximum atomic E-state index is 11.6. The maximum absolute atomic E-state index is 11.6. The molecular formula is C12H10N6O4. The Labute approximate surface area is 122 Å². The fourth-order valence-electron chi connectivity index (χ4n) is 2.03. The van der Waals surface area contributed by atoms with Gasteiger partial charge in [-0.05, 0) is 24.6 Å². The van der Waals surface area contributed by atoms with Crippen molar-refractivity contribution in [3.05, 3.63) is 28.4 Å². The molecule has 3 rings (SSSR count). The van der Waals surface area contributed by atoms with Gasteiger partial charge in [0.05, 0.1) is 16.4 Å². The second kappa shape index (κ2) is 5.00. The number of urea groups is 2. The highest BCUT2D eigenvalue weighted by Crippen LogP contribution is 2.09. The van der Waals surface area contributed by atoms with E-state index in [-0.39, 0.29) is 0 Å². The summed E-state index contributed by atoms with van der Waals surface area (Å²) in [5, 5.41) is 4.80. The Morgan fingerprint density at radius 1 is 1.00 bits per heavy atom. The number of amides is 6. The normalized spacial score (nSPS) is 17.3. The van der Waals surface area contributed by atoms with Crippen LogP contribution in [0.1, 0.15) is 5.56 Å². The van der Waals surface area contributed by atoms with Crippen LogP contribution in [-0.2, 0) is 9.59 Å². The van der Waals surface area contributed by atoms with Crippen LogP contribution in [0.4, 0.5) is 15.3 Å². The number of hydrogen-bond acceptors (Lipinski definition) is 6. The lowest BCUT2D eigenvalue weighted by atomic mass is 10.2. The maximum Gasteiger partial charge on any atom is 0.368 e. The van der Waals surface area contributed by atoms with E-state index in [4.69, 9.17) is 0 Å². The first kappa shape index (κ1) is 13.8. The van der Waals surface area contributed by atoms with Crippen LogP contribution in [0.25, 0.3) is 0 Å². The van der Waals surface area contributed by atoms with E-state index >= 15 is 0 Å². The molecule has 1 saturated heterocycles. The predicted octanol–water partition coefficient (Wildman–Crippen LogP) is -1.98. The van der Waals surface area contributed by atoms with Crippen molar-refractivity contribution in [3.8, 4) is 0 Å². The number of anilines is 1. The van der Waals surface area contributed by atoms with E-state index in [0.29, 0.717) is 16.4 Å². The summed E-state index contributed by atoms with van der Waals surface area (Å²) >= 11 is 0. The number of rotatable bonds is 3. The average Bonchev–Trinajstić information content (AvgIpc) is 2.76. The summed E-state index contributed by atoms with van der Waals surface area (Å²) in [5.41, 5.74) is 6.47. The molecule has 10 heteroatoms. The van der Waals surface area contributed by atoms with Crippen LogP contribution in [0.3, 0.4) is 0 Å². The first-order valence-corrected chi connectivity index (χ1v) is 6.23. The quantitative estimate of drug-likeness (QED) is 0.376. The Morgan fingerprint density at radius 2 is 1.59 bits per heavy atom. The molecule has 0 saturated carbocycles. The Bertz CT molecular complexity index is 826. The summed E-state index contributed by atoms with van der Waals surface area (Å²) in [6, 6.07) is 0.507. The van der Waals surface area contributed by atoms with Crippen molar-refractivity contribution in [2.75, 3.05) is 5.43 Å². The molecule has 0 atom stereocenters. The first-order valence-electron chi connectivity index (χ1n) is 6.23. The third-order valence-electron chi connectivity index (χ3n) is 3.10. The lowest BCUT2D eigenvalue weighted by molar-refractivity contribution is -0.132.